The molecule has 3 nitrogen and oxygen atoms in total. The molecule has 0 aliphatic carbocycles. The quantitative estimate of drug-likeness (QED) is 0.869. The summed E-state index contributed by atoms with van der Waals surface area (Å²) >= 11 is 1.76. The standard InChI is InChI=1S/C16H23NO2S/c1-13-10-17(12-16(2,3)19-13)11-15-14(7-9-20-15)6-4-5-8-18/h7,9,13,18H,5,8,10-12H2,1-3H3. The largest absolute Gasteiger partial charge is 0.395 e. The summed E-state index contributed by atoms with van der Waals surface area (Å²) in [5.41, 5.74) is 1.01. The number of aliphatic hydroxyl groups is 1. The van der Waals surface area contributed by atoms with Crippen molar-refractivity contribution in [3.8, 4) is 11.8 Å². The van der Waals surface area contributed by atoms with Gasteiger partial charge in [-0.05, 0) is 32.2 Å². The second kappa shape index (κ2) is 6.73. The monoisotopic (exact) mass is 293 g/mol. The summed E-state index contributed by atoms with van der Waals surface area (Å²) in [4.78, 5) is 3.75. The zero-order valence-corrected chi connectivity index (χ0v) is 13.3. The van der Waals surface area contributed by atoms with Gasteiger partial charge in [0.25, 0.3) is 0 Å². The van der Waals surface area contributed by atoms with Gasteiger partial charge in [-0.25, -0.2) is 0 Å². The first-order valence-corrected chi connectivity index (χ1v) is 7.94. The predicted octanol–water partition coefficient (Wildman–Crippen LogP) is 2.48. The molecule has 0 spiro atoms. The molecule has 0 radical (unpaired) electrons. The molecule has 0 saturated carbocycles. The molecule has 1 N–H and O–H groups in total. The van der Waals surface area contributed by atoms with E-state index in [4.69, 9.17) is 9.84 Å². The highest BCUT2D eigenvalue weighted by atomic mass is 32.1. The highest BCUT2D eigenvalue weighted by Gasteiger charge is 2.31. The molecule has 2 heterocycles. The van der Waals surface area contributed by atoms with E-state index in [9.17, 15) is 0 Å². The van der Waals surface area contributed by atoms with Gasteiger partial charge >= 0.3 is 0 Å². The van der Waals surface area contributed by atoms with Crippen LogP contribution in [0.5, 0.6) is 0 Å². The van der Waals surface area contributed by atoms with Crippen molar-refractivity contribution in [2.24, 2.45) is 0 Å². The van der Waals surface area contributed by atoms with Crippen LogP contribution in [-0.2, 0) is 11.3 Å². The highest BCUT2D eigenvalue weighted by Crippen LogP contribution is 2.25. The van der Waals surface area contributed by atoms with Gasteiger partial charge < -0.3 is 9.84 Å². The lowest BCUT2D eigenvalue weighted by molar-refractivity contribution is -0.130. The molecule has 110 valence electrons. The molecule has 20 heavy (non-hydrogen) atoms. The van der Waals surface area contributed by atoms with Gasteiger partial charge in [-0.1, -0.05) is 11.8 Å². The van der Waals surface area contributed by atoms with Crippen molar-refractivity contribution < 1.29 is 9.84 Å². The molecule has 1 aliphatic heterocycles. The Morgan fingerprint density at radius 1 is 1.55 bits per heavy atom. The SMILES string of the molecule is CC1CN(Cc2sccc2C#CCCO)CC(C)(C)O1. The van der Waals surface area contributed by atoms with Crippen LogP contribution in [-0.4, -0.2) is 41.4 Å². The number of morpholine rings is 1. The summed E-state index contributed by atoms with van der Waals surface area (Å²) in [6.45, 7) is 9.38. The third-order valence-electron chi connectivity index (χ3n) is 3.21. The lowest BCUT2D eigenvalue weighted by atomic mass is 10.1. The maximum absolute atomic E-state index is 8.79. The van der Waals surface area contributed by atoms with Gasteiger partial charge in [0.1, 0.15) is 0 Å². The van der Waals surface area contributed by atoms with Crippen molar-refractivity contribution in [3.63, 3.8) is 0 Å². The summed E-state index contributed by atoms with van der Waals surface area (Å²) in [5, 5.41) is 10.9. The third kappa shape index (κ3) is 4.32. The van der Waals surface area contributed by atoms with E-state index in [0.717, 1.165) is 25.2 Å². The van der Waals surface area contributed by atoms with E-state index in [1.807, 2.05) is 0 Å². The van der Waals surface area contributed by atoms with Gasteiger partial charge in [-0.3, -0.25) is 4.90 Å². The Bertz CT molecular complexity index is 498. The molecule has 1 aliphatic rings. The van der Waals surface area contributed by atoms with Crippen LogP contribution < -0.4 is 0 Å². The van der Waals surface area contributed by atoms with Crippen LogP contribution in [0.2, 0.25) is 0 Å². The minimum Gasteiger partial charge on any atom is -0.395 e. The second-order valence-corrected chi connectivity index (χ2v) is 6.89. The van der Waals surface area contributed by atoms with Crippen LogP contribution in [0.1, 0.15) is 37.6 Å². The van der Waals surface area contributed by atoms with Crippen molar-refractivity contribution in [1.29, 1.82) is 0 Å². The van der Waals surface area contributed by atoms with Crippen molar-refractivity contribution in [1.82, 2.24) is 4.90 Å². The van der Waals surface area contributed by atoms with E-state index in [1.54, 1.807) is 11.3 Å². The molecule has 1 atom stereocenters. The Balaban J connectivity index is 2.03. The van der Waals surface area contributed by atoms with Gasteiger partial charge in [0.15, 0.2) is 0 Å². The van der Waals surface area contributed by atoms with Crippen molar-refractivity contribution in [2.45, 2.75) is 45.4 Å². The van der Waals surface area contributed by atoms with Gasteiger partial charge in [0.05, 0.1) is 18.3 Å². The Morgan fingerprint density at radius 3 is 3.05 bits per heavy atom. The molecule has 1 saturated heterocycles. The second-order valence-electron chi connectivity index (χ2n) is 5.89. The van der Waals surface area contributed by atoms with E-state index in [0.29, 0.717) is 6.42 Å². The summed E-state index contributed by atoms with van der Waals surface area (Å²) < 4.78 is 5.94. The van der Waals surface area contributed by atoms with Crippen LogP contribution in [0.15, 0.2) is 11.4 Å². The number of rotatable bonds is 3. The Hall–Kier alpha value is -0.860. The summed E-state index contributed by atoms with van der Waals surface area (Å²) in [7, 11) is 0. The predicted molar refractivity (Wildman–Crippen MR) is 82.8 cm³/mol. The van der Waals surface area contributed by atoms with Crippen LogP contribution in [0.4, 0.5) is 0 Å². The van der Waals surface area contributed by atoms with Crippen LogP contribution in [0.25, 0.3) is 0 Å². The van der Waals surface area contributed by atoms with Crippen LogP contribution >= 0.6 is 11.3 Å². The fraction of sp³-hybridized carbons (Fsp3) is 0.625. The van der Waals surface area contributed by atoms with Gasteiger partial charge in [-0.2, -0.15) is 0 Å². The Morgan fingerprint density at radius 2 is 2.35 bits per heavy atom. The minimum atomic E-state index is -0.0857. The number of thiophene rings is 1. The number of hydrogen-bond acceptors (Lipinski definition) is 4. The molecule has 1 fully saturated rings. The molecule has 0 amide bonds. The number of ether oxygens (including phenoxy) is 1. The lowest BCUT2D eigenvalue weighted by Gasteiger charge is -2.41. The number of aliphatic hydroxyl groups excluding tert-OH is 1. The first kappa shape index (κ1) is 15.5. The van der Waals surface area contributed by atoms with Gasteiger partial charge in [0, 0.05) is 36.5 Å². The smallest absolute Gasteiger partial charge is 0.0757 e. The van der Waals surface area contributed by atoms with Crippen molar-refractivity contribution in [3.05, 3.63) is 21.9 Å². The molecule has 4 heteroatoms. The molecule has 1 aromatic rings. The first-order valence-electron chi connectivity index (χ1n) is 7.06. The summed E-state index contributed by atoms with van der Waals surface area (Å²) in [5.74, 6) is 6.16. The molecule has 1 aromatic heterocycles. The van der Waals surface area contributed by atoms with Crippen molar-refractivity contribution >= 4 is 11.3 Å². The molecular weight excluding hydrogens is 270 g/mol. The molecule has 1 unspecified atom stereocenters. The fourth-order valence-corrected chi connectivity index (χ4v) is 3.57. The van der Waals surface area contributed by atoms with E-state index in [-0.39, 0.29) is 18.3 Å². The number of nitrogens with zero attached hydrogens (tertiary/aromatic N) is 1. The fourth-order valence-electron chi connectivity index (χ4n) is 2.70. The molecule has 2 rings (SSSR count). The number of hydrogen-bond donors (Lipinski definition) is 1. The van der Waals surface area contributed by atoms with Crippen LogP contribution in [0.3, 0.4) is 0 Å². The maximum atomic E-state index is 8.79. The van der Waals surface area contributed by atoms with E-state index < -0.39 is 0 Å². The summed E-state index contributed by atoms with van der Waals surface area (Å²) in [6.07, 6.45) is 0.805. The summed E-state index contributed by atoms with van der Waals surface area (Å²) in [6, 6.07) is 2.07. The average Bonchev–Trinajstić information content (AvgIpc) is 2.74. The van der Waals surface area contributed by atoms with Gasteiger partial charge in [-0.15, -0.1) is 11.3 Å². The zero-order chi connectivity index (χ0) is 14.6. The minimum absolute atomic E-state index is 0.0857. The first-order chi connectivity index (χ1) is 9.50. The Kier molecular flexibility index (Phi) is 5.22. The highest BCUT2D eigenvalue weighted by molar-refractivity contribution is 7.10. The topological polar surface area (TPSA) is 32.7 Å². The average molecular weight is 293 g/mol. The normalized spacial score (nSPS) is 22.3. The van der Waals surface area contributed by atoms with Gasteiger partial charge in [0.2, 0.25) is 0 Å². The van der Waals surface area contributed by atoms with Crippen molar-refractivity contribution in [2.75, 3.05) is 19.7 Å². The molecule has 0 bridgehead atoms. The zero-order valence-electron chi connectivity index (χ0n) is 12.5. The van der Waals surface area contributed by atoms with Crippen LogP contribution in [0, 0.1) is 11.8 Å². The Labute approximate surface area is 125 Å². The molecule has 0 aromatic carbocycles. The van der Waals surface area contributed by atoms with E-state index in [2.05, 4.69) is 49.0 Å². The van der Waals surface area contributed by atoms with E-state index in [1.165, 1.54) is 4.88 Å². The lowest BCUT2D eigenvalue weighted by Crippen LogP contribution is -2.51. The third-order valence-corrected chi connectivity index (χ3v) is 4.12. The maximum Gasteiger partial charge on any atom is 0.0757 e. The van der Waals surface area contributed by atoms with E-state index >= 15 is 0 Å². The molecular formula is C16H23NO2S.